The Labute approximate surface area is 121 Å². The minimum atomic E-state index is -0.0662. The Morgan fingerprint density at radius 1 is 0.947 bits per heavy atom. The molecule has 0 aromatic heterocycles. The molecule has 3 rings (SSSR count). The second-order valence-corrected chi connectivity index (χ2v) is 5.16. The molecule has 2 nitrogen and oxygen atoms in total. The molecule has 1 heterocycles. The summed E-state index contributed by atoms with van der Waals surface area (Å²) in [6, 6.07) is 15.4. The van der Waals surface area contributed by atoms with Crippen molar-refractivity contribution in [1.29, 1.82) is 0 Å². The molecule has 4 heteroatoms. The van der Waals surface area contributed by atoms with E-state index in [1.165, 1.54) is 0 Å². The molecule has 1 aliphatic rings. The van der Waals surface area contributed by atoms with Gasteiger partial charge in [0.1, 0.15) is 0 Å². The Morgan fingerprint density at radius 3 is 2.32 bits per heavy atom. The van der Waals surface area contributed by atoms with Crippen LogP contribution in [0.15, 0.2) is 53.7 Å². The summed E-state index contributed by atoms with van der Waals surface area (Å²) < 4.78 is 0. The van der Waals surface area contributed by atoms with Crippen LogP contribution < -0.4 is 0 Å². The van der Waals surface area contributed by atoms with Crippen molar-refractivity contribution in [3.63, 3.8) is 0 Å². The van der Waals surface area contributed by atoms with Gasteiger partial charge in [-0.2, -0.15) is 0 Å². The third kappa shape index (κ3) is 2.46. The maximum Gasteiger partial charge on any atom is 0.158 e. The van der Waals surface area contributed by atoms with E-state index >= 15 is 0 Å². The van der Waals surface area contributed by atoms with Crippen LogP contribution in [0.4, 0.5) is 0 Å². The first kappa shape index (κ1) is 12.5. The van der Waals surface area contributed by atoms with Crippen molar-refractivity contribution in [1.82, 2.24) is 0 Å². The molecule has 96 valence electrons. The van der Waals surface area contributed by atoms with Crippen molar-refractivity contribution in [2.75, 3.05) is 0 Å². The lowest BCUT2D eigenvalue weighted by molar-refractivity contribution is 0.0857. The first-order valence-electron chi connectivity index (χ1n) is 5.98. The summed E-state index contributed by atoms with van der Waals surface area (Å²) in [5.74, 6) is 0. The molecular formula is C15H11Cl2NO. The van der Waals surface area contributed by atoms with Crippen molar-refractivity contribution in [3.8, 4) is 0 Å². The summed E-state index contributed by atoms with van der Waals surface area (Å²) in [4.78, 5) is 5.49. The predicted molar refractivity (Wildman–Crippen MR) is 77.9 cm³/mol. The van der Waals surface area contributed by atoms with Crippen LogP contribution in [0, 0.1) is 0 Å². The molecule has 0 bridgehead atoms. The van der Waals surface area contributed by atoms with Gasteiger partial charge in [-0.3, -0.25) is 0 Å². The van der Waals surface area contributed by atoms with E-state index in [0.29, 0.717) is 16.5 Å². The number of halogens is 2. The summed E-state index contributed by atoms with van der Waals surface area (Å²) in [6.45, 7) is 0. The van der Waals surface area contributed by atoms with Gasteiger partial charge in [0, 0.05) is 12.0 Å². The van der Waals surface area contributed by atoms with E-state index in [1.807, 2.05) is 36.4 Å². The van der Waals surface area contributed by atoms with E-state index in [4.69, 9.17) is 28.0 Å². The van der Waals surface area contributed by atoms with Gasteiger partial charge in [-0.15, -0.1) is 0 Å². The van der Waals surface area contributed by atoms with Crippen LogP contribution in [0.1, 0.15) is 23.7 Å². The van der Waals surface area contributed by atoms with Crippen molar-refractivity contribution >= 4 is 28.9 Å². The van der Waals surface area contributed by atoms with Gasteiger partial charge in [0.05, 0.1) is 15.8 Å². The first-order valence-corrected chi connectivity index (χ1v) is 6.73. The lowest BCUT2D eigenvalue weighted by atomic mass is 10.0. The fraction of sp³-hybridized carbons (Fsp3) is 0.133. The molecule has 2 aromatic rings. The highest BCUT2D eigenvalue weighted by Crippen LogP contribution is 2.34. The molecule has 0 unspecified atom stereocenters. The number of rotatable bonds is 2. The molecule has 1 aliphatic heterocycles. The highest BCUT2D eigenvalue weighted by Gasteiger charge is 2.26. The molecule has 0 saturated heterocycles. The predicted octanol–water partition coefficient (Wildman–Crippen LogP) is 4.86. The lowest BCUT2D eigenvalue weighted by Gasteiger charge is -2.08. The van der Waals surface area contributed by atoms with Crippen LogP contribution in [-0.2, 0) is 4.84 Å². The Hall–Kier alpha value is -1.51. The highest BCUT2D eigenvalue weighted by atomic mass is 35.5. The minimum absolute atomic E-state index is 0.0662. The third-order valence-electron chi connectivity index (χ3n) is 3.09. The topological polar surface area (TPSA) is 21.6 Å². The van der Waals surface area contributed by atoms with Crippen molar-refractivity contribution < 1.29 is 4.84 Å². The zero-order valence-electron chi connectivity index (χ0n) is 10.0. The van der Waals surface area contributed by atoms with E-state index in [-0.39, 0.29) is 6.10 Å². The molecule has 2 aromatic carbocycles. The van der Waals surface area contributed by atoms with Gasteiger partial charge in [-0.05, 0) is 17.7 Å². The van der Waals surface area contributed by atoms with Gasteiger partial charge in [0.15, 0.2) is 6.10 Å². The molecule has 19 heavy (non-hydrogen) atoms. The van der Waals surface area contributed by atoms with E-state index < -0.39 is 0 Å². The molecular weight excluding hydrogens is 281 g/mol. The largest absolute Gasteiger partial charge is 0.387 e. The van der Waals surface area contributed by atoms with Crippen LogP contribution >= 0.6 is 23.2 Å². The minimum Gasteiger partial charge on any atom is -0.387 e. The standard InChI is InChI=1S/C15H11Cl2NO/c16-11-7-4-8-12(17)15(11)13-9-14(19-18-13)10-5-2-1-3-6-10/h1-8,14H,9H2/t14-/m1/s1. The van der Waals surface area contributed by atoms with Gasteiger partial charge in [-0.25, -0.2) is 0 Å². The molecule has 0 fully saturated rings. The molecule has 0 saturated carbocycles. The Balaban J connectivity index is 1.87. The fourth-order valence-electron chi connectivity index (χ4n) is 2.14. The van der Waals surface area contributed by atoms with Gasteiger partial charge < -0.3 is 4.84 Å². The zero-order chi connectivity index (χ0) is 13.2. The first-order chi connectivity index (χ1) is 9.25. The van der Waals surface area contributed by atoms with Gasteiger partial charge in [0.25, 0.3) is 0 Å². The third-order valence-corrected chi connectivity index (χ3v) is 3.72. The molecule has 1 atom stereocenters. The summed E-state index contributed by atoms with van der Waals surface area (Å²) in [5, 5.41) is 5.33. The summed E-state index contributed by atoms with van der Waals surface area (Å²) >= 11 is 12.4. The van der Waals surface area contributed by atoms with Gasteiger partial charge in [-0.1, -0.05) is 64.8 Å². The average Bonchev–Trinajstić information content (AvgIpc) is 2.89. The molecule has 0 spiro atoms. The maximum atomic E-state index is 6.18. The van der Waals surface area contributed by atoms with E-state index in [1.54, 1.807) is 12.1 Å². The van der Waals surface area contributed by atoms with Gasteiger partial charge >= 0.3 is 0 Å². The Morgan fingerprint density at radius 2 is 1.63 bits per heavy atom. The number of benzene rings is 2. The van der Waals surface area contributed by atoms with E-state index in [0.717, 1.165) is 16.8 Å². The number of hydrogen-bond acceptors (Lipinski definition) is 2. The molecule has 0 N–H and O–H groups in total. The monoisotopic (exact) mass is 291 g/mol. The van der Waals surface area contributed by atoms with Crippen molar-refractivity contribution in [2.45, 2.75) is 12.5 Å². The lowest BCUT2D eigenvalue weighted by Crippen LogP contribution is -2.02. The summed E-state index contributed by atoms with van der Waals surface area (Å²) in [5.41, 5.74) is 2.66. The van der Waals surface area contributed by atoms with Crippen molar-refractivity contribution in [2.24, 2.45) is 5.16 Å². The van der Waals surface area contributed by atoms with Crippen LogP contribution in [0.2, 0.25) is 10.0 Å². The molecule has 0 aliphatic carbocycles. The van der Waals surface area contributed by atoms with Crippen LogP contribution in [0.5, 0.6) is 0 Å². The van der Waals surface area contributed by atoms with Crippen LogP contribution in [-0.4, -0.2) is 5.71 Å². The maximum absolute atomic E-state index is 6.18. The van der Waals surface area contributed by atoms with E-state index in [2.05, 4.69) is 5.16 Å². The normalized spacial score (nSPS) is 18.0. The molecule has 0 amide bonds. The smallest absolute Gasteiger partial charge is 0.158 e. The fourth-order valence-corrected chi connectivity index (χ4v) is 2.76. The second-order valence-electron chi connectivity index (χ2n) is 4.34. The van der Waals surface area contributed by atoms with Crippen LogP contribution in [0.3, 0.4) is 0 Å². The zero-order valence-corrected chi connectivity index (χ0v) is 11.5. The SMILES string of the molecule is Clc1cccc(Cl)c1C1=NO[C@@H](c2ccccc2)C1. The Kier molecular flexibility index (Phi) is 3.45. The van der Waals surface area contributed by atoms with Gasteiger partial charge in [0.2, 0.25) is 0 Å². The molecule has 0 radical (unpaired) electrons. The number of oxime groups is 1. The summed E-state index contributed by atoms with van der Waals surface area (Å²) in [7, 11) is 0. The number of hydrogen-bond donors (Lipinski definition) is 0. The van der Waals surface area contributed by atoms with Crippen molar-refractivity contribution in [3.05, 3.63) is 69.7 Å². The quantitative estimate of drug-likeness (QED) is 0.774. The number of nitrogens with zero attached hydrogens (tertiary/aromatic N) is 1. The van der Waals surface area contributed by atoms with Crippen LogP contribution in [0.25, 0.3) is 0 Å². The summed E-state index contributed by atoms with van der Waals surface area (Å²) in [6.07, 6.45) is 0.608. The second kappa shape index (κ2) is 5.24. The van der Waals surface area contributed by atoms with E-state index in [9.17, 15) is 0 Å². The average molecular weight is 292 g/mol. The Bertz CT molecular complexity index is 605. The highest BCUT2D eigenvalue weighted by molar-refractivity contribution is 6.40.